The molecular weight excluding hydrogens is 228 g/mol. The Hall–Kier alpha value is 0.270. The second kappa shape index (κ2) is 6.44. The third-order valence-electron chi connectivity index (χ3n) is 4.57. The van der Waals surface area contributed by atoms with Crippen LogP contribution in [0.2, 0.25) is 0 Å². The molecule has 1 fully saturated rings. The van der Waals surface area contributed by atoms with Crippen molar-refractivity contribution >= 4 is 11.8 Å². The normalized spacial score (nSPS) is 27.4. The van der Waals surface area contributed by atoms with Crippen molar-refractivity contribution in [2.24, 2.45) is 0 Å². The Morgan fingerprint density at radius 2 is 1.94 bits per heavy atom. The highest BCUT2D eigenvalue weighted by Crippen LogP contribution is 2.32. The molecular formula is C14H30N2S. The molecule has 1 aliphatic heterocycles. The van der Waals surface area contributed by atoms with E-state index >= 15 is 0 Å². The highest BCUT2D eigenvalue weighted by Gasteiger charge is 2.33. The predicted octanol–water partition coefficient (Wildman–Crippen LogP) is 2.98. The van der Waals surface area contributed by atoms with E-state index in [9.17, 15) is 0 Å². The van der Waals surface area contributed by atoms with Crippen LogP contribution in [0.4, 0.5) is 0 Å². The number of hydrogen-bond acceptors (Lipinski definition) is 3. The number of hydrogen-bond donors (Lipinski definition) is 1. The zero-order chi connectivity index (χ0) is 12.9. The summed E-state index contributed by atoms with van der Waals surface area (Å²) in [7, 11) is 0. The van der Waals surface area contributed by atoms with Crippen molar-refractivity contribution in [1.29, 1.82) is 0 Å². The molecule has 102 valence electrons. The molecule has 1 N–H and O–H groups in total. The second-order valence-corrected chi connectivity index (χ2v) is 6.92. The number of nitrogens with zero attached hydrogens (tertiary/aromatic N) is 1. The van der Waals surface area contributed by atoms with Crippen molar-refractivity contribution in [2.75, 3.05) is 32.4 Å². The summed E-state index contributed by atoms with van der Waals surface area (Å²) in [6.07, 6.45) is 6.04. The van der Waals surface area contributed by atoms with Crippen LogP contribution in [-0.2, 0) is 0 Å². The standard InChI is InChI=1S/C14H30N2S/c1-6-13(4)11-16(10-9-15-13)12-14(7-2,8-3)17-5/h15H,6-12H2,1-5H3. The first-order valence-electron chi connectivity index (χ1n) is 7.05. The molecule has 0 amide bonds. The average molecular weight is 258 g/mol. The monoisotopic (exact) mass is 258 g/mol. The first kappa shape index (κ1) is 15.3. The fourth-order valence-electron chi connectivity index (χ4n) is 2.75. The summed E-state index contributed by atoms with van der Waals surface area (Å²) in [5.74, 6) is 0. The van der Waals surface area contributed by atoms with Crippen LogP contribution in [0.5, 0.6) is 0 Å². The Kier molecular flexibility index (Phi) is 5.81. The van der Waals surface area contributed by atoms with Gasteiger partial charge in [-0.1, -0.05) is 20.8 Å². The van der Waals surface area contributed by atoms with E-state index in [0.717, 1.165) is 6.54 Å². The summed E-state index contributed by atoms with van der Waals surface area (Å²) < 4.78 is 0.464. The molecule has 17 heavy (non-hydrogen) atoms. The van der Waals surface area contributed by atoms with Crippen molar-refractivity contribution < 1.29 is 0 Å². The van der Waals surface area contributed by atoms with E-state index in [0.29, 0.717) is 10.3 Å². The third kappa shape index (κ3) is 3.87. The summed E-state index contributed by atoms with van der Waals surface area (Å²) in [5, 5.41) is 3.67. The van der Waals surface area contributed by atoms with Crippen molar-refractivity contribution in [3.63, 3.8) is 0 Å². The molecule has 0 aromatic heterocycles. The summed E-state index contributed by atoms with van der Waals surface area (Å²) >= 11 is 2.06. The molecule has 1 aliphatic rings. The van der Waals surface area contributed by atoms with Crippen LogP contribution in [0.1, 0.15) is 47.0 Å². The minimum atomic E-state index is 0.323. The third-order valence-corrected chi connectivity index (χ3v) is 6.14. The van der Waals surface area contributed by atoms with Crippen LogP contribution in [0.3, 0.4) is 0 Å². The van der Waals surface area contributed by atoms with Gasteiger partial charge < -0.3 is 5.32 Å². The highest BCUT2D eigenvalue weighted by molar-refractivity contribution is 8.00. The van der Waals surface area contributed by atoms with Gasteiger partial charge in [0.2, 0.25) is 0 Å². The van der Waals surface area contributed by atoms with Gasteiger partial charge in [-0.05, 0) is 32.4 Å². The van der Waals surface area contributed by atoms with Crippen LogP contribution in [-0.4, -0.2) is 47.6 Å². The lowest BCUT2D eigenvalue weighted by Gasteiger charge is -2.45. The number of thioether (sulfide) groups is 1. The Labute approximate surface area is 112 Å². The first-order chi connectivity index (χ1) is 8.03. The van der Waals surface area contributed by atoms with Gasteiger partial charge in [-0.2, -0.15) is 11.8 Å². The Balaban J connectivity index is 2.61. The summed E-state index contributed by atoms with van der Waals surface area (Å²) in [6.45, 7) is 14.1. The smallest absolute Gasteiger partial charge is 0.0279 e. The van der Waals surface area contributed by atoms with E-state index in [2.05, 4.69) is 55.9 Å². The number of rotatable bonds is 6. The van der Waals surface area contributed by atoms with Gasteiger partial charge in [-0.25, -0.2) is 0 Å². The second-order valence-electron chi connectivity index (χ2n) is 5.65. The van der Waals surface area contributed by atoms with Gasteiger partial charge >= 0.3 is 0 Å². The summed E-state index contributed by atoms with van der Waals surface area (Å²) in [6, 6.07) is 0. The zero-order valence-electron chi connectivity index (χ0n) is 12.3. The van der Waals surface area contributed by atoms with Crippen LogP contribution in [0.25, 0.3) is 0 Å². The van der Waals surface area contributed by atoms with E-state index in [-0.39, 0.29) is 0 Å². The molecule has 0 aliphatic carbocycles. The van der Waals surface area contributed by atoms with Crippen molar-refractivity contribution in [3.8, 4) is 0 Å². The van der Waals surface area contributed by atoms with Gasteiger partial charge in [0.15, 0.2) is 0 Å². The van der Waals surface area contributed by atoms with Crippen molar-refractivity contribution in [3.05, 3.63) is 0 Å². The molecule has 3 heteroatoms. The molecule has 1 atom stereocenters. The fraction of sp³-hybridized carbons (Fsp3) is 1.00. The lowest BCUT2D eigenvalue weighted by Crippen LogP contribution is -2.60. The van der Waals surface area contributed by atoms with Crippen LogP contribution >= 0.6 is 11.8 Å². The van der Waals surface area contributed by atoms with Gasteiger partial charge in [-0.3, -0.25) is 4.90 Å². The maximum atomic E-state index is 3.67. The lowest BCUT2D eigenvalue weighted by molar-refractivity contribution is 0.127. The van der Waals surface area contributed by atoms with E-state index < -0.39 is 0 Å². The summed E-state index contributed by atoms with van der Waals surface area (Å²) in [5.41, 5.74) is 0.323. The molecule has 0 aromatic carbocycles. The lowest BCUT2D eigenvalue weighted by atomic mass is 9.94. The molecule has 1 saturated heterocycles. The highest BCUT2D eigenvalue weighted by atomic mass is 32.2. The molecule has 2 nitrogen and oxygen atoms in total. The van der Waals surface area contributed by atoms with E-state index in [1.54, 1.807) is 0 Å². The first-order valence-corrected chi connectivity index (χ1v) is 8.28. The SMILES string of the molecule is CCC1(C)CN(CC(CC)(CC)SC)CCN1. The maximum Gasteiger partial charge on any atom is 0.0279 e. The Morgan fingerprint density at radius 1 is 1.29 bits per heavy atom. The number of piperazine rings is 1. The summed E-state index contributed by atoms with van der Waals surface area (Å²) in [4.78, 5) is 2.67. The molecule has 1 heterocycles. The van der Waals surface area contributed by atoms with E-state index in [1.807, 2.05) is 0 Å². The van der Waals surface area contributed by atoms with E-state index in [4.69, 9.17) is 0 Å². The largest absolute Gasteiger partial charge is 0.309 e. The molecule has 0 bridgehead atoms. The van der Waals surface area contributed by atoms with E-state index in [1.165, 1.54) is 38.9 Å². The van der Waals surface area contributed by atoms with Gasteiger partial charge in [-0.15, -0.1) is 0 Å². The minimum Gasteiger partial charge on any atom is -0.309 e. The molecule has 0 radical (unpaired) electrons. The van der Waals surface area contributed by atoms with Crippen LogP contribution in [0.15, 0.2) is 0 Å². The topological polar surface area (TPSA) is 15.3 Å². The minimum absolute atomic E-state index is 0.323. The number of nitrogens with one attached hydrogen (secondary N) is 1. The van der Waals surface area contributed by atoms with Gasteiger partial charge in [0.05, 0.1) is 0 Å². The maximum absolute atomic E-state index is 3.67. The van der Waals surface area contributed by atoms with Crippen molar-refractivity contribution in [2.45, 2.75) is 57.2 Å². The molecule has 0 saturated carbocycles. The van der Waals surface area contributed by atoms with Crippen molar-refractivity contribution in [1.82, 2.24) is 10.2 Å². The van der Waals surface area contributed by atoms with Gasteiger partial charge in [0.25, 0.3) is 0 Å². The predicted molar refractivity (Wildman–Crippen MR) is 80.0 cm³/mol. The Morgan fingerprint density at radius 3 is 2.41 bits per heavy atom. The van der Waals surface area contributed by atoms with Crippen LogP contribution < -0.4 is 5.32 Å². The molecule has 1 unspecified atom stereocenters. The molecule has 0 spiro atoms. The molecule has 1 rings (SSSR count). The van der Waals surface area contributed by atoms with Crippen LogP contribution in [0, 0.1) is 0 Å². The zero-order valence-corrected chi connectivity index (χ0v) is 13.1. The Bertz CT molecular complexity index is 220. The average Bonchev–Trinajstić information content (AvgIpc) is 2.36. The van der Waals surface area contributed by atoms with Gasteiger partial charge in [0, 0.05) is 36.5 Å². The quantitative estimate of drug-likeness (QED) is 0.788. The van der Waals surface area contributed by atoms with Gasteiger partial charge in [0.1, 0.15) is 0 Å². The fourth-order valence-corrected chi connectivity index (χ4v) is 3.64. The molecule has 0 aromatic rings.